The number of esters is 1. The number of rotatable bonds is 2. The Morgan fingerprint density at radius 3 is 2.53 bits per heavy atom. The normalized spacial score (nSPS) is 24.3. The first-order valence-corrected chi connectivity index (χ1v) is 10.7. The Hall–Kier alpha value is -2.60. The number of aryl methyl sites for hydroxylation is 1. The van der Waals surface area contributed by atoms with Crippen molar-refractivity contribution in [3.05, 3.63) is 58.7 Å². The van der Waals surface area contributed by atoms with Gasteiger partial charge >= 0.3 is 5.97 Å². The molecule has 30 heavy (non-hydrogen) atoms. The van der Waals surface area contributed by atoms with Crippen molar-refractivity contribution in [3.8, 4) is 11.5 Å². The average molecular weight is 425 g/mol. The fourth-order valence-corrected chi connectivity index (χ4v) is 5.30. The first-order valence-electron chi connectivity index (χ1n) is 10.3. The summed E-state index contributed by atoms with van der Waals surface area (Å²) < 4.78 is 12.1. The molecule has 0 radical (unpaired) electrons. The van der Waals surface area contributed by atoms with Gasteiger partial charge in [-0.1, -0.05) is 30.3 Å². The zero-order valence-electron chi connectivity index (χ0n) is 18.1. The molecule has 0 aromatic heterocycles. The molecule has 2 aromatic carbocycles. The van der Waals surface area contributed by atoms with Crippen LogP contribution < -0.4 is 20.1 Å². The van der Waals surface area contributed by atoms with Crippen LogP contribution in [-0.2, 0) is 4.79 Å². The fourth-order valence-electron chi connectivity index (χ4n) is 4.83. The summed E-state index contributed by atoms with van der Waals surface area (Å²) in [5.74, 6) is 1.07. The van der Waals surface area contributed by atoms with E-state index in [-0.39, 0.29) is 17.4 Å². The maximum Gasteiger partial charge on any atom is 0.308 e. The van der Waals surface area contributed by atoms with Crippen molar-refractivity contribution in [2.45, 2.75) is 64.6 Å². The van der Waals surface area contributed by atoms with Crippen molar-refractivity contribution in [2.24, 2.45) is 0 Å². The molecule has 1 spiro atoms. The van der Waals surface area contributed by atoms with Crippen molar-refractivity contribution in [3.63, 3.8) is 0 Å². The molecule has 0 bridgehead atoms. The molecule has 2 aliphatic heterocycles. The molecule has 1 saturated heterocycles. The minimum absolute atomic E-state index is 0.129. The van der Waals surface area contributed by atoms with Gasteiger partial charge in [-0.2, -0.15) is 0 Å². The molecule has 0 amide bonds. The molecule has 4 rings (SSSR count). The summed E-state index contributed by atoms with van der Waals surface area (Å²) in [6.07, 6.45) is 1.49. The van der Waals surface area contributed by atoms with E-state index in [1.165, 1.54) is 18.1 Å². The van der Waals surface area contributed by atoms with Gasteiger partial charge in [0.05, 0.1) is 0 Å². The van der Waals surface area contributed by atoms with E-state index < -0.39 is 5.72 Å². The minimum Gasteiger partial charge on any atom is -0.467 e. The second kappa shape index (κ2) is 7.27. The maximum atomic E-state index is 11.6. The van der Waals surface area contributed by atoms with Crippen LogP contribution in [0.2, 0.25) is 0 Å². The molecule has 2 atom stereocenters. The molecule has 2 N–H and O–H groups in total. The zero-order valence-corrected chi connectivity index (χ0v) is 18.9. The lowest BCUT2D eigenvalue weighted by Crippen LogP contribution is -2.69. The monoisotopic (exact) mass is 424 g/mol. The van der Waals surface area contributed by atoms with Gasteiger partial charge in [0.15, 0.2) is 10.8 Å². The summed E-state index contributed by atoms with van der Waals surface area (Å²) in [4.78, 5) is 11.6. The maximum absolute atomic E-state index is 11.6. The Morgan fingerprint density at radius 1 is 1.13 bits per heavy atom. The number of hydrogen-bond donors (Lipinski definition) is 2. The third kappa shape index (κ3) is 3.76. The van der Waals surface area contributed by atoms with Crippen LogP contribution in [0.3, 0.4) is 0 Å². The second-order valence-corrected chi connectivity index (χ2v) is 9.46. The topological polar surface area (TPSA) is 59.6 Å². The number of ether oxygens (including phenoxy) is 2. The summed E-state index contributed by atoms with van der Waals surface area (Å²) in [5.41, 5.74) is 3.58. The van der Waals surface area contributed by atoms with E-state index in [0.717, 1.165) is 29.7 Å². The highest BCUT2D eigenvalue weighted by atomic mass is 32.1. The van der Waals surface area contributed by atoms with E-state index >= 15 is 0 Å². The van der Waals surface area contributed by atoms with Crippen LogP contribution in [0.1, 0.15) is 61.8 Å². The number of carbonyl (C=O) groups excluding carboxylic acids is 1. The molecular weight excluding hydrogens is 396 g/mol. The molecule has 2 aliphatic rings. The minimum atomic E-state index is -0.647. The number of thiocarbonyl (C=S) groups is 1. The smallest absolute Gasteiger partial charge is 0.308 e. The Balaban J connectivity index is 1.88. The summed E-state index contributed by atoms with van der Waals surface area (Å²) in [6, 6.07) is 12.4. The van der Waals surface area contributed by atoms with Crippen molar-refractivity contribution >= 4 is 23.3 Å². The standard InChI is InChI=1S/C24H28N2O3S/c1-14-8-6-7-9-17(14)19-12-24(13-23(4,5)25-22(30)26-24)29-21-15(2)20(28-16(3)27)11-10-18(19)21/h6-11,19H,12-13H2,1-5H3,(H2,25,26,30)/t19-,24-/m1/s1. The largest absolute Gasteiger partial charge is 0.467 e. The Bertz CT molecular complexity index is 1030. The molecule has 2 aromatic rings. The van der Waals surface area contributed by atoms with Gasteiger partial charge in [0.25, 0.3) is 0 Å². The van der Waals surface area contributed by atoms with E-state index in [9.17, 15) is 4.79 Å². The SMILES string of the molecule is CC(=O)Oc1ccc2c(c1C)O[C@]1(C[C@@H]2c2ccccc2C)CC(C)(C)NC(=S)N1. The van der Waals surface area contributed by atoms with E-state index in [4.69, 9.17) is 21.7 Å². The predicted molar refractivity (Wildman–Crippen MR) is 121 cm³/mol. The van der Waals surface area contributed by atoms with Gasteiger partial charge < -0.3 is 20.1 Å². The summed E-state index contributed by atoms with van der Waals surface area (Å²) in [7, 11) is 0. The lowest BCUT2D eigenvalue weighted by atomic mass is 9.76. The van der Waals surface area contributed by atoms with Gasteiger partial charge in [-0.3, -0.25) is 4.79 Å². The Morgan fingerprint density at radius 2 is 1.87 bits per heavy atom. The quantitative estimate of drug-likeness (QED) is 0.421. The van der Waals surface area contributed by atoms with Gasteiger partial charge in [-0.25, -0.2) is 0 Å². The lowest BCUT2D eigenvalue weighted by Gasteiger charge is -2.51. The van der Waals surface area contributed by atoms with Crippen LogP contribution in [0.25, 0.3) is 0 Å². The van der Waals surface area contributed by atoms with Crippen LogP contribution in [0.4, 0.5) is 0 Å². The highest BCUT2D eigenvalue weighted by Crippen LogP contribution is 2.50. The van der Waals surface area contributed by atoms with Crippen LogP contribution in [0.15, 0.2) is 36.4 Å². The van der Waals surface area contributed by atoms with Crippen molar-refractivity contribution in [1.82, 2.24) is 10.6 Å². The molecule has 158 valence electrons. The van der Waals surface area contributed by atoms with Gasteiger partial charge in [-0.05, 0) is 57.1 Å². The number of nitrogens with one attached hydrogen (secondary N) is 2. The predicted octanol–water partition coefficient (Wildman–Crippen LogP) is 4.49. The van der Waals surface area contributed by atoms with E-state index in [1.807, 2.05) is 19.1 Å². The van der Waals surface area contributed by atoms with E-state index in [2.05, 4.69) is 55.7 Å². The molecule has 2 heterocycles. The fraction of sp³-hybridized carbons (Fsp3) is 0.417. The number of benzene rings is 2. The number of fused-ring (bicyclic) bond motifs is 1. The lowest BCUT2D eigenvalue weighted by molar-refractivity contribution is -0.131. The Kier molecular flexibility index (Phi) is 5.01. The molecule has 0 aliphatic carbocycles. The van der Waals surface area contributed by atoms with Gasteiger partial charge in [0, 0.05) is 42.3 Å². The highest BCUT2D eigenvalue weighted by molar-refractivity contribution is 7.80. The first kappa shape index (κ1) is 20.7. The Labute approximate surface area is 183 Å². The molecule has 0 unspecified atom stereocenters. The van der Waals surface area contributed by atoms with Crippen molar-refractivity contribution in [2.75, 3.05) is 0 Å². The molecule has 5 nitrogen and oxygen atoms in total. The van der Waals surface area contributed by atoms with Crippen LogP contribution in [-0.4, -0.2) is 22.3 Å². The zero-order chi connectivity index (χ0) is 21.7. The van der Waals surface area contributed by atoms with Crippen LogP contribution in [0.5, 0.6) is 11.5 Å². The molecular formula is C24H28N2O3S. The van der Waals surface area contributed by atoms with Gasteiger partial charge in [-0.15, -0.1) is 0 Å². The second-order valence-electron chi connectivity index (χ2n) is 9.05. The van der Waals surface area contributed by atoms with Crippen LogP contribution >= 0.6 is 12.2 Å². The highest BCUT2D eigenvalue weighted by Gasteiger charge is 2.49. The van der Waals surface area contributed by atoms with Gasteiger partial charge in [0.1, 0.15) is 11.5 Å². The van der Waals surface area contributed by atoms with E-state index in [0.29, 0.717) is 10.9 Å². The third-order valence-corrected chi connectivity index (χ3v) is 6.14. The summed E-state index contributed by atoms with van der Waals surface area (Å²) in [6.45, 7) is 9.75. The number of hydrogen-bond acceptors (Lipinski definition) is 4. The summed E-state index contributed by atoms with van der Waals surface area (Å²) in [5, 5.41) is 7.36. The summed E-state index contributed by atoms with van der Waals surface area (Å²) >= 11 is 5.53. The average Bonchev–Trinajstić information content (AvgIpc) is 2.62. The van der Waals surface area contributed by atoms with Crippen LogP contribution in [0, 0.1) is 13.8 Å². The molecule has 1 fully saturated rings. The van der Waals surface area contributed by atoms with Crippen molar-refractivity contribution in [1.29, 1.82) is 0 Å². The number of carbonyl (C=O) groups is 1. The van der Waals surface area contributed by atoms with E-state index in [1.54, 1.807) is 0 Å². The third-order valence-electron chi connectivity index (χ3n) is 5.93. The first-order chi connectivity index (χ1) is 14.1. The van der Waals surface area contributed by atoms with Crippen molar-refractivity contribution < 1.29 is 14.3 Å². The molecule has 0 saturated carbocycles. The molecule has 6 heteroatoms. The van der Waals surface area contributed by atoms with Gasteiger partial charge in [0.2, 0.25) is 0 Å².